The van der Waals surface area contributed by atoms with Gasteiger partial charge in [0.1, 0.15) is 0 Å². The Bertz CT molecular complexity index is 428. The molecule has 0 aliphatic rings. The molecule has 0 spiro atoms. The Morgan fingerprint density at radius 2 is 0.652 bits per heavy atom. The fourth-order valence-electron chi connectivity index (χ4n) is 0.711. The number of nitrogens with zero attached hydrogens (tertiary/aromatic N) is 2. The van der Waals surface area contributed by atoms with Crippen molar-refractivity contribution in [1.29, 1.82) is 0 Å². The zero-order valence-corrected chi connectivity index (χ0v) is 10.2. The van der Waals surface area contributed by atoms with Gasteiger partial charge in [0.05, 0.1) is 9.05 Å². The Morgan fingerprint density at radius 1 is 0.478 bits per heavy atom. The summed E-state index contributed by atoms with van der Waals surface area (Å²) in [7, 11) is -13.0. The standard InChI is InChI=1S/C4F16N2S/c5-1(6,7)3(11,12)21(15)23(17,18,19,20)22(16)4(13,14)2(8,9)10. The molecule has 2 nitrogen and oxygen atoms in total. The van der Waals surface area contributed by atoms with Gasteiger partial charge in [-0.05, 0) is 0 Å². The molecule has 0 radical (unpaired) electrons. The quantitative estimate of drug-likeness (QED) is 0.322. The third-order valence-corrected chi connectivity index (χ3v) is 3.47. The first-order chi connectivity index (χ1) is 9.34. The molecule has 0 aromatic heterocycles. The van der Waals surface area contributed by atoms with Crippen molar-refractivity contribution < 1.29 is 68.4 Å². The summed E-state index contributed by atoms with van der Waals surface area (Å²) in [6, 6.07) is -16.1. The molecule has 0 N–H and O–H groups in total. The highest BCUT2D eigenvalue weighted by atomic mass is 32.5. The zero-order chi connectivity index (χ0) is 19.6. The van der Waals surface area contributed by atoms with E-state index < -0.39 is 43.7 Å². The second kappa shape index (κ2) is 4.41. The molecular formula is C4F16N2S. The Morgan fingerprint density at radius 3 is 0.783 bits per heavy atom. The van der Waals surface area contributed by atoms with Crippen molar-refractivity contribution in [3.63, 3.8) is 0 Å². The Labute approximate surface area is 113 Å². The number of hydrogen-bond donors (Lipinski definition) is 0. The molecule has 144 valence electrons. The molecule has 19 heteroatoms. The van der Waals surface area contributed by atoms with Crippen LogP contribution in [-0.4, -0.2) is 33.5 Å². The number of halogens is 16. The number of alkyl halides is 10. The minimum Gasteiger partial charge on any atom is -0.174 e. The normalized spacial score (nSPS) is 19.0. The first kappa shape index (κ1) is 22.1. The van der Waals surface area contributed by atoms with Crippen molar-refractivity contribution in [2.75, 3.05) is 0 Å². The molecule has 0 amide bonds. The van der Waals surface area contributed by atoms with E-state index in [2.05, 4.69) is 0 Å². The molecule has 23 heavy (non-hydrogen) atoms. The van der Waals surface area contributed by atoms with Crippen LogP contribution in [0.25, 0.3) is 0 Å². The van der Waals surface area contributed by atoms with E-state index in [9.17, 15) is 68.4 Å². The molecule has 0 aromatic carbocycles. The molecule has 0 saturated heterocycles. The van der Waals surface area contributed by atoms with Crippen LogP contribution >= 0.6 is 10.2 Å². The highest BCUT2D eigenvalue weighted by molar-refractivity contribution is 8.45. The van der Waals surface area contributed by atoms with Gasteiger partial charge >= 0.3 is 34.7 Å². The Hall–Kier alpha value is -0.850. The highest BCUT2D eigenvalue weighted by Crippen LogP contribution is 3.02. The van der Waals surface area contributed by atoms with Crippen molar-refractivity contribution >= 4 is 10.2 Å². The summed E-state index contributed by atoms with van der Waals surface area (Å²) in [6.45, 7) is 0. The SMILES string of the molecule is FN(C(F)(F)C(F)(F)F)S(F)(F)(F)(F)N(F)C(F)(F)C(F)(F)F. The summed E-state index contributed by atoms with van der Waals surface area (Å²) in [5.74, 6) is 0. The predicted molar refractivity (Wildman–Crippen MR) is 39.9 cm³/mol. The summed E-state index contributed by atoms with van der Waals surface area (Å²) in [5, 5.41) is 0. The van der Waals surface area contributed by atoms with Gasteiger partial charge < -0.3 is 0 Å². The lowest BCUT2D eigenvalue weighted by Crippen LogP contribution is -2.62. The van der Waals surface area contributed by atoms with E-state index >= 15 is 0 Å². The van der Waals surface area contributed by atoms with Gasteiger partial charge in [-0.1, -0.05) is 15.5 Å². The van der Waals surface area contributed by atoms with Crippen LogP contribution in [0, 0.1) is 0 Å². The lowest BCUT2D eigenvalue weighted by molar-refractivity contribution is -0.379. The molecule has 0 fully saturated rings. The lowest BCUT2D eigenvalue weighted by atomic mass is 10.6. The monoisotopic (exact) mass is 412 g/mol. The minimum atomic E-state index is -13.0. The van der Waals surface area contributed by atoms with E-state index in [1.165, 1.54) is 0 Å². The van der Waals surface area contributed by atoms with Crippen LogP contribution in [-0.2, 0) is 0 Å². The average Bonchev–Trinajstić information content (AvgIpc) is 2.22. The maximum absolute atomic E-state index is 13.0. The molecule has 0 saturated carbocycles. The van der Waals surface area contributed by atoms with E-state index in [1.54, 1.807) is 0 Å². The molecule has 0 rings (SSSR count). The van der Waals surface area contributed by atoms with Crippen molar-refractivity contribution in [2.24, 2.45) is 0 Å². The summed E-state index contributed by atoms with van der Waals surface area (Å²) < 4.78 is 182. The smallest absolute Gasteiger partial charge is 0.174 e. The van der Waals surface area contributed by atoms with E-state index in [0.717, 1.165) is 0 Å². The van der Waals surface area contributed by atoms with Gasteiger partial charge in [0.15, 0.2) is 0 Å². The Kier molecular flexibility index (Phi) is 4.24. The van der Waals surface area contributed by atoms with Gasteiger partial charge in [-0.3, -0.25) is 0 Å². The summed E-state index contributed by atoms with van der Waals surface area (Å²) in [6.07, 6.45) is -15.3. The number of hydrogen-bond acceptors (Lipinski definition) is 2. The van der Waals surface area contributed by atoms with Crippen molar-refractivity contribution in [1.82, 2.24) is 9.05 Å². The van der Waals surface area contributed by atoms with Crippen LogP contribution in [0.5, 0.6) is 0 Å². The van der Waals surface area contributed by atoms with Gasteiger partial charge in [-0.15, -0.1) is 8.96 Å². The second-order valence-corrected chi connectivity index (χ2v) is 6.16. The molecule has 0 bridgehead atoms. The molecule has 0 aliphatic carbocycles. The van der Waals surface area contributed by atoms with Crippen LogP contribution in [0.15, 0.2) is 0 Å². The number of rotatable bonds is 4. The van der Waals surface area contributed by atoms with E-state index in [0.29, 0.717) is 0 Å². The zero-order valence-electron chi connectivity index (χ0n) is 9.35. The predicted octanol–water partition coefficient (Wildman–Crippen LogP) is 5.91. The van der Waals surface area contributed by atoms with Crippen LogP contribution in [0.3, 0.4) is 0 Å². The molecule has 0 atom stereocenters. The highest BCUT2D eigenvalue weighted by Gasteiger charge is 2.91. The van der Waals surface area contributed by atoms with Gasteiger partial charge in [0.2, 0.25) is 0 Å². The van der Waals surface area contributed by atoms with E-state index in [4.69, 9.17) is 0 Å². The van der Waals surface area contributed by atoms with Gasteiger partial charge in [0, 0.05) is 0 Å². The lowest BCUT2D eigenvalue weighted by Gasteiger charge is -2.56. The third-order valence-electron chi connectivity index (χ3n) is 1.75. The first-order valence-corrected chi connectivity index (χ1v) is 6.12. The fourth-order valence-corrected chi connectivity index (χ4v) is 1.94. The molecule has 0 unspecified atom stereocenters. The van der Waals surface area contributed by atoms with Crippen LogP contribution in [0.2, 0.25) is 0 Å². The van der Waals surface area contributed by atoms with E-state index in [1.807, 2.05) is 0 Å². The van der Waals surface area contributed by atoms with Crippen LogP contribution in [0.1, 0.15) is 0 Å². The van der Waals surface area contributed by atoms with Crippen LogP contribution in [0.4, 0.5) is 68.4 Å². The maximum Gasteiger partial charge on any atom is 0.473 e. The third kappa shape index (κ3) is 3.21. The fraction of sp³-hybridized carbons (Fsp3) is 1.00. The molecule has 0 heterocycles. The first-order valence-electron chi connectivity index (χ1n) is 4.16. The van der Waals surface area contributed by atoms with Crippen molar-refractivity contribution in [3.8, 4) is 0 Å². The largest absolute Gasteiger partial charge is 0.473 e. The Balaban J connectivity index is 6.45. The average molecular weight is 412 g/mol. The van der Waals surface area contributed by atoms with Crippen molar-refractivity contribution in [3.05, 3.63) is 0 Å². The molecule has 0 aliphatic heterocycles. The van der Waals surface area contributed by atoms with Crippen molar-refractivity contribution in [2.45, 2.75) is 24.4 Å². The molecular weight excluding hydrogens is 412 g/mol. The van der Waals surface area contributed by atoms with Gasteiger partial charge in [-0.25, -0.2) is 0 Å². The van der Waals surface area contributed by atoms with Gasteiger partial charge in [-0.2, -0.15) is 43.9 Å². The van der Waals surface area contributed by atoms with Gasteiger partial charge in [0.25, 0.3) is 0 Å². The van der Waals surface area contributed by atoms with Crippen LogP contribution < -0.4 is 0 Å². The van der Waals surface area contributed by atoms with E-state index in [-0.39, 0.29) is 0 Å². The topological polar surface area (TPSA) is 6.48 Å². The minimum absolute atomic E-state index is 5.29. The maximum atomic E-state index is 12.6. The second-order valence-electron chi connectivity index (χ2n) is 3.55. The summed E-state index contributed by atoms with van der Waals surface area (Å²) in [5.41, 5.74) is 0. The summed E-state index contributed by atoms with van der Waals surface area (Å²) >= 11 is 0. The molecule has 0 aromatic rings. The summed E-state index contributed by atoms with van der Waals surface area (Å²) in [4.78, 5) is 0.